The van der Waals surface area contributed by atoms with Crippen LogP contribution in [0.3, 0.4) is 0 Å². The van der Waals surface area contributed by atoms with Crippen LogP contribution in [0.1, 0.15) is 23.4 Å². The molecule has 3 aromatic heterocycles. The van der Waals surface area contributed by atoms with E-state index in [2.05, 4.69) is 15.6 Å². The summed E-state index contributed by atoms with van der Waals surface area (Å²) in [6.45, 7) is 0.408. The number of hydrogen-bond acceptors (Lipinski definition) is 6. The van der Waals surface area contributed by atoms with Crippen LogP contribution in [-0.4, -0.2) is 23.3 Å². The summed E-state index contributed by atoms with van der Waals surface area (Å²) in [4.78, 5) is 29.0. The second-order valence-corrected chi connectivity index (χ2v) is 6.71. The van der Waals surface area contributed by atoms with Gasteiger partial charge in [0.2, 0.25) is 5.91 Å². The first-order valence-electron chi connectivity index (χ1n) is 7.33. The Hall–Kier alpha value is -2.45. The molecule has 6 nitrogen and oxygen atoms in total. The van der Waals surface area contributed by atoms with Gasteiger partial charge in [0.15, 0.2) is 10.9 Å². The summed E-state index contributed by atoms with van der Waals surface area (Å²) in [5.74, 6) is -0.126. The Bertz CT molecular complexity index is 795. The fraction of sp³-hybridized carbons (Fsp3) is 0.188. The quantitative estimate of drug-likeness (QED) is 0.630. The number of thiophene rings is 1. The predicted octanol–water partition coefficient (Wildman–Crippen LogP) is 3.61. The lowest BCUT2D eigenvalue weighted by Gasteiger charge is -2.03. The molecule has 0 radical (unpaired) electrons. The van der Waals surface area contributed by atoms with E-state index in [1.54, 1.807) is 23.5 Å². The Labute approximate surface area is 146 Å². The Morgan fingerprint density at radius 3 is 2.88 bits per heavy atom. The number of aromatic nitrogens is 1. The van der Waals surface area contributed by atoms with Gasteiger partial charge in [-0.25, -0.2) is 4.98 Å². The molecule has 124 valence electrons. The molecule has 0 aliphatic carbocycles. The average Bonchev–Trinajstić information content (AvgIpc) is 3.32. The zero-order valence-corrected chi connectivity index (χ0v) is 14.3. The molecule has 3 aromatic rings. The zero-order valence-electron chi connectivity index (χ0n) is 12.7. The molecule has 0 aliphatic heterocycles. The van der Waals surface area contributed by atoms with Crippen LogP contribution in [0, 0.1) is 0 Å². The number of amides is 2. The van der Waals surface area contributed by atoms with E-state index in [0.717, 1.165) is 10.6 Å². The minimum atomic E-state index is -0.277. The van der Waals surface area contributed by atoms with E-state index in [4.69, 9.17) is 4.42 Å². The van der Waals surface area contributed by atoms with Crippen LogP contribution in [0.4, 0.5) is 5.13 Å². The van der Waals surface area contributed by atoms with Gasteiger partial charge in [-0.05, 0) is 30.0 Å². The summed E-state index contributed by atoms with van der Waals surface area (Å²) < 4.78 is 4.99. The minimum Gasteiger partial charge on any atom is -0.459 e. The zero-order chi connectivity index (χ0) is 16.8. The maximum Gasteiger partial charge on any atom is 0.286 e. The molecule has 8 heteroatoms. The highest BCUT2D eigenvalue weighted by atomic mass is 32.1. The number of nitrogens with one attached hydrogen (secondary N) is 2. The van der Waals surface area contributed by atoms with Gasteiger partial charge in [-0.1, -0.05) is 6.07 Å². The van der Waals surface area contributed by atoms with Crippen molar-refractivity contribution in [2.45, 2.75) is 12.8 Å². The van der Waals surface area contributed by atoms with Gasteiger partial charge >= 0.3 is 0 Å². The highest BCUT2D eigenvalue weighted by Crippen LogP contribution is 2.28. The van der Waals surface area contributed by atoms with Gasteiger partial charge in [0, 0.05) is 18.3 Å². The molecule has 24 heavy (non-hydrogen) atoms. The molecule has 0 aliphatic rings. The third-order valence-electron chi connectivity index (χ3n) is 3.14. The van der Waals surface area contributed by atoms with E-state index < -0.39 is 0 Å². The molecule has 3 rings (SSSR count). The SMILES string of the molecule is O=C(CCCNC(=O)c1ccco1)Nc1nc(-c2cccs2)cs1. The van der Waals surface area contributed by atoms with E-state index >= 15 is 0 Å². The number of rotatable bonds is 7. The van der Waals surface area contributed by atoms with Crippen molar-refractivity contribution < 1.29 is 14.0 Å². The summed E-state index contributed by atoms with van der Waals surface area (Å²) in [6.07, 6.45) is 2.30. The summed E-state index contributed by atoms with van der Waals surface area (Å²) in [5.41, 5.74) is 0.871. The Kier molecular flexibility index (Phi) is 5.39. The lowest BCUT2D eigenvalue weighted by atomic mass is 10.3. The molecule has 0 bridgehead atoms. The molecule has 0 spiro atoms. The monoisotopic (exact) mass is 361 g/mol. The third kappa shape index (κ3) is 4.30. The number of anilines is 1. The van der Waals surface area contributed by atoms with Gasteiger partial charge in [-0.2, -0.15) is 0 Å². The summed E-state index contributed by atoms with van der Waals surface area (Å²) in [7, 11) is 0. The van der Waals surface area contributed by atoms with Gasteiger partial charge in [0.1, 0.15) is 0 Å². The lowest BCUT2D eigenvalue weighted by molar-refractivity contribution is -0.116. The van der Waals surface area contributed by atoms with Crippen molar-refractivity contribution in [3.8, 4) is 10.6 Å². The first-order valence-corrected chi connectivity index (χ1v) is 9.09. The van der Waals surface area contributed by atoms with Crippen molar-refractivity contribution in [1.29, 1.82) is 0 Å². The molecular formula is C16H15N3O3S2. The first kappa shape index (κ1) is 16.4. The maximum absolute atomic E-state index is 11.9. The van der Waals surface area contributed by atoms with Crippen LogP contribution < -0.4 is 10.6 Å². The van der Waals surface area contributed by atoms with E-state index in [9.17, 15) is 9.59 Å². The van der Waals surface area contributed by atoms with Crippen LogP contribution in [0.25, 0.3) is 10.6 Å². The van der Waals surface area contributed by atoms with Crippen molar-refractivity contribution in [2.75, 3.05) is 11.9 Å². The van der Waals surface area contributed by atoms with Crippen LogP contribution in [0.2, 0.25) is 0 Å². The second kappa shape index (κ2) is 7.89. The highest BCUT2D eigenvalue weighted by Gasteiger charge is 2.10. The summed E-state index contributed by atoms with van der Waals surface area (Å²) in [5, 5.41) is 9.98. The number of carbonyl (C=O) groups is 2. The van der Waals surface area contributed by atoms with Crippen LogP contribution in [0.15, 0.2) is 45.7 Å². The van der Waals surface area contributed by atoms with Crippen LogP contribution >= 0.6 is 22.7 Å². The molecule has 3 heterocycles. The highest BCUT2D eigenvalue weighted by molar-refractivity contribution is 7.16. The van der Waals surface area contributed by atoms with Gasteiger partial charge in [-0.15, -0.1) is 22.7 Å². The molecule has 0 saturated carbocycles. The number of furan rings is 1. The average molecular weight is 361 g/mol. The Morgan fingerprint density at radius 1 is 1.21 bits per heavy atom. The van der Waals surface area contributed by atoms with Gasteiger partial charge in [0.25, 0.3) is 5.91 Å². The van der Waals surface area contributed by atoms with Crippen molar-refractivity contribution in [2.24, 2.45) is 0 Å². The van der Waals surface area contributed by atoms with Gasteiger partial charge in [0.05, 0.1) is 16.8 Å². The second-order valence-electron chi connectivity index (χ2n) is 4.90. The van der Waals surface area contributed by atoms with Crippen LogP contribution in [0.5, 0.6) is 0 Å². The molecule has 0 saturated heterocycles. The number of thiazole rings is 1. The van der Waals surface area contributed by atoms with E-state index in [-0.39, 0.29) is 17.6 Å². The molecule has 2 amide bonds. The maximum atomic E-state index is 11.9. The molecule has 0 fully saturated rings. The third-order valence-corrected chi connectivity index (χ3v) is 4.79. The van der Waals surface area contributed by atoms with Crippen LogP contribution in [-0.2, 0) is 4.79 Å². The van der Waals surface area contributed by atoms with Crippen molar-refractivity contribution >= 4 is 39.6 Å². The van der Waals surface area contributed by atoms with E-state index in [0.29, 0.717) is 24.5 Å². The molecule has 0 unspecified atom stereocenters. The Balaban J connectivity index is 1.39. The van der Waals surface area contributed by atoms with Gasteiger partial charge in [-0.3, -0.25) is 9.59 Å². The number of carbonyl (C=O) groups excluding carboxylic acids is 2. The smallest absolute Gasteiger partial charge is 0.286 e. The molecule has 2 N–H and O–H groups in total. The Morgan fingerprint density at radius 2 is 2.12 bits per heavy atom. The standard InChI is InChI=1S/C16H15N3O3S2/c20-14(6-1-7-17-15(21)12-4-2-8-22-12)19-16-18-11(10-24-16)13-5-3-9-23-13/h2-5,8-10H,1,6-7H2,(H,17,21)(H,18,19,20). The fourth-order valence-electron chi connectivity index (χ4n) is 2.00. The van der Waals surface area contributed by atoms with E-state index in [1.807, 2.05) is 22.9 Å². The number of nitrogens with zero attached hydrogens (tertiary/aromatic N) is 1. The topological polar surface area (TPSA) is 84.2 Å². The minimum absolute atomic E-state index is 0.116. The number of hydrogen-bond donors (Lipinski definition) is 2. The van der Waals surface area contributed by atoms with Gasteiger partial charge < -0.3 is 15.1 Å². The molecule has 0 atom stereocenters. The van der Waals surface area contributed by atoms with Crippen molar-refractivity contribution in [3.63, 3.8) is 0 Å². The molecule has 0 aromatic carbocycles. The normalized spacial score (nSPS) is 10.5. The van der Waals surface area contributed by atoms with Crippen molar-refractivity contribution in [3.05, 3.63) is 47.0 Å². The molecular weight excluding hydrogens is 346 g/mol. The lowest BCUT2D eigenvalue weighted by Crippen LogP contribution is -2.25. The predicted molar refractivity (Wildman–Crippen MR) is 94.3 cm³/mol. The largest absolute Gasteiger partial charge is 0.459 e. The first-order chi connectivity index (χ1) is 11.7. The fourth-order valence-corrected chi connectivity index (χ4v) is 3.48. The summed E-state index contributed by atoms with van der Waals surface area (Å²) >= 11 is 3.01. The van der Waals surface area contributed by atoms with Crippen molar-refractivity contribution in [1.82, 2.24) is 10.3 Å². The summed E-state index contributed by atoms with van der Waals surface area (Å²) in [6, 6.07) is 7.21. The van der Waals surface area contributed by atoms with E-state index in [1.165, 1.54) is 17.6 Å².